The first-order chi connectivity index (χ1) is 15.7. The Hall–Kier alpha value is -2.67. The fourth-order valence-corrected chi connectivity index (χ4v) is 4.96. The van der Waals surface area contributed by atoms with E-state index in [0.29, 0.717) is 6.54 Å². The van der Waals surface area contributed by atoms with Crippen LogP contribution in [0.2, 0.25) is 5.02 Å². The Morgan fingerprint density at radius 3 is 2.69 bits per heavy atom. The molecule has 7 nitrogen and oxygen atoms in total. The average Bonchev–Trinajstić information content (AvgIpc) is 3.01. The van der Waals surface area contributed by atoms with Crippen molar-refractivity contribution in [2.24, 2.45) is 5.92 Å². The molecule has 1 saturated heterocycles. The Bertz CT molecular complexity index is 1090. The molecule has 0 aliphatic carbocycles. The molecule has 2 aliphatic heterocycles. The summed E-state index contributed by atoms with van der Waals surface area (Å²) >= 11 is 5.93. The van der Waals surface area contributed by atoms with E-state index in [9.17, 15) is 4.79 Å². The molecule has 8 heteroatoms. The summed E-state index contributed by atoms with van der Waals surface area (Å²) in [6.45, 7) is 3.25. The number of fused-ring (bicyclic) bond motifs is 3. The zero-order valence-corrected chi connectivity index (χ0v) is 19.0. The van der Waals surface area contributed by atoms with Gasteiger partial charge in [0, 0.05) is 43.5 Å². The summed E-state index contributed by atoms with van der Waals surface area (Å²) in [5, 5.41) is 3.84. The molecule has 1 N–H and O–H groups in total. The van der Waals surface area contributed by atoms with Gasteiger partial charge < -0.3 is 14.8 Å². The highest BCUT2D eigenvalue weighted by Gasteiger charge is 2.28. The quantitative estimate of drug-likeness (QED) is 0.637. The van der Waals surface area contributed by atoms with Crippen LogP contribution < -0.4 is 10.2 Å². The van der Waals surface area contributed by atoms with E-state index in [1.54, 1.807) is 6.33 Å². The number of aromatic nitrogens is 4. The van der Waals surface area contributed by atoms with Crippen LogP contribution in [0.5, 0.6) is 0 Å². The minimum Gasteiger partial charge on any atom is -0.356 e. The van der Waals surface area contributed by atoms with Gasteiger partial charge in [-0.3, -0.25) is 4.79 Å². The van der Waals surface area contributed by atoms with Gasteiger partial charge in [0.25, 0.3) is 0 Å². The molecular weight excluding hydrogens is 424 g/mol. The van der Waals surface area contributed by atoms with Crippen molar-refractivity contribution in [2.45, 2.75) is 51.5 Å². The van der Waals surface area contributed by atoms with Crippen LogP contribution in [0, 0.1) is 5.92 Å². The molecule has 3 aromatic rings. The lowest BCUT2D eigenvalue weighted by atomic mass is 9.95. The maximum absolute atomic E-state index is 12.7. The molecular formula is C24H29ClN6O. The molecule has 1 amide bonds. The number of hydrogen-bond acceptors (Lipinski definition) is 5. The Labute approximate surface area is 193 Å². The number of hydrogen-bond donors (Lipinski definition) is 1. The van der Waals surface area contributed by atoms with Gasteiger partial charge in [0.15, 0.2) is 17.0 Å². The molecule has 1 fully saturated rings. The number of amides is 1. The smallest absolute Gasteiger partial charge is 0.223 e. The van der Waals surface area contributed by atoms with Crippen LogP contribution in [0.3, 0.4) is 0 Å². The molecule has 2 aliphatic rings. The van der Waals surface area contributed by atoms with Crippen molar-refractivity contribution in [2.75, 3.05) is 24.5 Å². The third kappa shape index (κ3) is 4.44. The van der Waals surface area contributed by atoms with Gasteiger partial charge in [-0.25, -0.2) is 15.0 Å². The largest absolute Gasteiger partial charge is 0.356 e. The van der Waals surface area contributed by atoms with E-state index in [-0.39, 0.29) is 11.8 Å². The van der Waals surface area contributed by atoms with Gasteiger partial charge in [0.05, 0.1) is 0 Å². The highest BCUT2D eigenvalue weighted by atomic mass is 35.5. The predicted octanol–water partition coefficient (Wildman–Crippen LogP) is 3.78. The van der Waals surface area contributed by atoms with E-state index in [2.05, 4.69) is 24.8 Å². The molecule has 2 aromatic heterocycles. The van der Waals surface area contributed by atoms with Gasteiger partial charge in [-0.2, -0.15) is 0 Å². The molecule has 0 atom stereocenters. The maximum Gasteiger partial charge on any atom is 0.223 e. The molecule has 1 aromatic carbocycles. The number of carbonyl (C=O) groups excluding carboxylic acids is 1. The highest BCUT2D eigenvalue weighted by Crippen LogP contribution is 2.29. The molecule has 5 rings (SSSR count). The molecule has 4 heterocycles. The van der Waals surface area contributed by atoms with Crippen molar-refractivity contribution < 1.29 is 4.79 Å². The Kier molecular flexibility index (Phi) is 6.26. The van der Waals surface area contributed by atoms with Crippen LogP contribution >= 0.6 is 11.6 Å². The van der Waals surface area contributed by atoms with Gasteiger partial charge in [0.2, 0.25) is 5.91 Å². The Morgan fingerprint density at radius 1 is 1.06 bits per heavy atom. The summed E-state index contributed by atoms with van der Waals surface area (Å²) in [5.41, 5.74) is 3.04. The first-order valence-electron chi connectivity index (χ1n) is 11.7. The number of nitrogens with one attached hydrogen (secondary N) is 1. The maximum atomic E-state index is 12.7. The van der Waals surface area contributed by atoms with E-state index in [0.717, 1.165) is 73.1 Å². The highest BCUT2D eigenvalue weighted by molar-refractivity contribution is 6.30. The van der Waals surface area contributed by atoms with Crippen molar-refractivity contribution in [3.63, 3.8) is 0 Å². The number of anilines is 1. The normalized spacial score (nSPS) is 17.2. The fraction of sp³-hybridized carbons (Fsp3) is 0.500. The summed E-state index contributed by atoms with van der Waals surface area (Å²) in [5.74, 6) is 2.25. The van der Waals surface area contributed by atoms with E-state index < -0.39 is 0 Å². The fourth-order valence-electron chi connectivity index (χ4n) is 4.84. The molecule has 0 bridgehead atoms. The summed E-state index contributed by atoms with van der Waals surface area (Å²) in [7, 11) is 0. The number of imidazole rings is 1. The summed E-state index contributed by atoms with van der Waals surface area (Å²) in [6.07, 6.45) is 8.74. The summed E-state index contributed by atoms with van der Waals surface area (Å²) in [4.78, 5) is 29.0. The second-order valence-corrected chi connectivity index (χ2v) is 9.23. The SMILES string of the molecule is O=C(NCCc1ccc(Cl)cc1)C1CCN(c2ncnc3c2nc2n3CCCCC2)CC1. The van der Waals surface area contributed by atoms with E-state index >= 15 is 0 Å². The first-order valence-corrected chi connectivity index (χ1v) is 12.0. The van der Waals surface area contributed by atoms with E-state index in [1.165, 1.54) is 24.8 Å². The summed E-state index contributed by atoms with van der Waals surface area (Å²) in [6, 6.07) is 7.78. The van der Waals surface area contributed by atoms with Gasteiger partial charge in [-0.05, 0) is 49.8 Å². The van der Waals surface area contributed by atoms with Crippen molar-refractivity contribution in [1.82, 2.24) is 24.8 Å². The van der Waals surface area contributed by atoms with Crippen molar-refractivity contribution in [3.8, 4) is 0 Å². The average molecular weight is 453 g/mol. The van der Waals surface area contributed by atoms with Crippen molar-refractivity contribution in [3.05, 3.63) is 47.0 Å². The van der Waals surface area contributed by atoms with Crippen LogP contribution in [0.1, 0.15) is 43.5 Å². The third-order valence-electron chi connectivity index (χ3n) is 6.67. The molecule has 0 saturated carbocycles. The Morgan fingerprint density at radius 2 is 1.88 bits per heavy atom. The zero-order valence-electron chi connectivity index (χ0n) is 18.3. The molecule has 0 radical (unpaired) electrons. The number of halogens is 1. The number of carbonyl (C=O) groups is 1. The molecule has 168 valence electrons. The van der Waals surface area contributed by atoms with Crippen LogP contribution in [0.4, 0.5) is 5.82 Å². The second-order valence-electron chi connectivity index (χ2n) is 8.79. The molecule has 0 spiro atoms. The lowest BCUT2D eigenvalue weighted by molar-refractivity contribution is -0.125. The second kappa shape index (κ2) is 9.45. The first kappa shape index (κ1) is 21.2. The topological polar surface area (TPSA) is 75.9 Å². The van der Waals surface area contributed by atoms with Gasteiger partial charge >= 0.3 is 0 Å². The Balaban J connectivity index is 1.19. The predicted molar refractivity (Wildman–Crippen MR) is 126 cm³/mol. The minimum absolute atomic E-state index is 0.0486. The monoisotopic (exact) mass is 452 g/mol. The van der Waals surface area contributed by atoms with Gasteiger partial charge in [-0.1, -0.05) is 30.2 Å². The number of benzene rings is 1. The number of piperidine rings is 1. The minimum atomic E-state index is 0.0486. The van der Waals surface area contributed by atoms with Crippen LogP contribution in [0.15, 0.2) is 30.6 Å². The number of aryl methyl sites for hydroxylation is 2. The van der Waals surface area contributed by atoms with Gasteiger partial charge in [-0.15, -0.1) is 0 Å². The van der Waals surface area contributed by atoms with Crippen LogP contribution in [-0.4, -0.2) is 45.1 Å². The molecule has 32 heavy (non-hydrogen) atoms. The number of rotatable bonds is 5. The lowest BCUT2D eigenvalue weighted by Crippen LogP contribution is -2.41. The third-order valence-corrected chi connectivity index (χ3v) is 6.92. The standard InChI is InChI=1S/C24H29ClN6O/c25-19-7-5-17(6-8-19)9-12-26-24(32)18-10-14-30(15-11-18)22-21-23(28-16-27-22)31-13-3-1-2-4-20(31)29-21/h5-8,16,18H,1-4,9-15H2,(H,26,32). The molecule has 0 unspecified atom stereocenters. The van der Waals surface area contributed by atoms with Crippen LogP contribution in [0.25, 0.3) is 11.2 Å². The lowest BCUT2D eigenvalue weighted by Gasteiger charge is -2.32. The van der Waals surface area contributed by atoms with E-state index in [4.69, 9.17) is 16.6 Å². The van der Waals surface area contributed by atoms with Crippen molar-refractivity contribution >= 4 is 34.5 Å². The number of nitrogens with zero attached hydrogens (tertiary/aromatic N) is 5. The van der Waals surface area contributed by atoms with Crippen molar-refractivity contribution in [1.29, 1.82) is 0 Å². The van der Waals surface area contributed by atoms with Gasteiger partial charge in [0.1, 0.15) is 12.2 Å². The zero-order chi connectivity index (χ0) is 21.9. The van der Waals surface area contributed by atoms with Crippen LogP contribution in [-0.2, 0) is 24.2 Å². The summed E-state index contributed by atoms with van der Waals surface area (Å²) < 4.78 is 2.27. The van der Waals surface area contributed by atoms with E-state index in [1.807, 2.05) is 24.3 Å².